The van der Waals surface area contributed by atoms with E-state index in [1.165, 1.54) is 0 Å². The van der Waals surface area contributed by atoms with Crippen LogP contribution in [0, 0.1) is 0 Å². The van der Waals surface area contributed by atoms with Crippen molar-refractivity contribution in [1.82, 2.24) is 0 Å². The van der Waals surface area contributed by atoms with E-state index in [0.29, 0.717) is 0 Å². The third-order valence-corrected chi connectivity index (χ3v) is 1.15. The molecule has 4 heteroatoms. The van der Waals surface area contributed by atoms with Crippen LogP contribution in [0.4, 0.5) is 17.6 Å². The summed E-state index contributed by atoms with van der Waals surface area (Å²) >= 11 is 0. The zero-order valence-corrected chi connectivity index (χ0v) is 5.66. The minimum Gasteiger partial charge on any atom is -0.248 e. The van der Waals surface area contributed by atoms with E-state index in [4.69, 9.17) is 0 Å². The Morgan fingerprint density at radius 2 is 1.70 bits per heavy atom. The lowest BCUT2D eigenvalue weighted by Crippen LogP contribution is -2.19. The highest BCUT2D eigenvalue weighted by atomic mass is 19.2. The third-order valence-electron chi connectivity index (χ3n) is 1.15. The molecule has 0 aliphatic heterocycles. The van der Waals surface area contributed by atoms with Crippen molar-refractivity contribution in [1.29, 1.82) is 0 Å². The summed E-state index contributed by atoms with van der Waals surface area (Å²) in [5, 5.41) is 0. The first kappa shape index (κ1) is 9.72. The summed E-state index contributed by atoms with van der Waals surface area (Å²) in [6.07, 6.45) is -6.16. The molecular weight excluding hydrogens is 148 g/mol. The SMILES string of the molecule is CC(F)C(F)CC(F)CF. The van der Waals surface area contributed by atoms with Crippen molar-refractivity contribution in [2.24, 2.45) is 0 Å². The fourth-order valence-corrected chi connectivity index (χ4v) is 0.495. The molecule has 0 N–H and O–H groups in total. The monoisotopic (exact) mass is 158 g/mol. The third kappa shape index (κ3) is 3.69. The van der Waals surface area contributed by atoms with E-state index in [0.717, 1.165) is 6.92 Å². The quantitative estimate of drug-likeness (QED) is 0.551. The number of rotatable bonds is 4. The van der Waals surface area contributed by atoms with E-state index in [1.807, 2.05) is 0 Å². The Kier molecular flexibility index (Phi) is 4.40. The molecule has 0 aliphatic carbocycles. The molecule has 0 saturated carbocycles. The molecule has 0 amide bonds. The Balaban J connectivity index is 3.46. The van der Waals surface area contributed by atoms with Crippen LogP contribution >= 0.6 is 0 Å². The normalized spacial score (nSPS) is 20.1. The van der Waals surface area contributed by atoms with Gasteiger partial charge < -0.3 is 0 Å². The number of alkyl halides is 4. The van der Waals surface area contributed by atoms with E-state index in [9.17, 15) is 17.6 Å². The first-order valence-electron chi connectivity index (χ1n) is 3.06. The predicted octanol–water partition coefficient (Wildman–Crippen LogP) is 2.38. The molecule has 0 rings (SSSR count). The maximum Gasteiger partial charge on any atom is 0.134 e. The summed E-state index contributed by atoms with van der Waals surface area (Å²) in [6, 6.07) is 0. The standard InChI is InChI=1S/C6H10F4/c1-4(8)6(10)2-5(9)3-7/h4-6H,2-3H2,1H3. The second kappa shape index (κ2) is 4.52. The second-order valence-electron chi connectivity index (χ2n) is 2.18. The van der Waals surface area contributed by atoms with Gasteiger partial charge in [0, 0.05) is 6.42 Å². The van der Waals surface area contributed by atoms with Crippen LogP contribution in [-0.4, -0.2) is 25.2 Å². The van der Waals surface area contributed by atoms with Crippen molar-refractivity contribution in [2.75, 3.05) is 6.67 Å². The van der Waals surface area contributed by atoms with E-state index in [1.54, 1.807) is 0 Å². The lowest BCUT2D eigenvalue weighted by molar-refractivity contribution is 0.124. The highest BCUT2D eigenvalue weighted by Gasteiger charge is 2.20. The summed E-state index contributed by atoms with van der Waals surface area (Å²) in [5.74, 6) is 0. The van der Waals surface area contributed by atoms with Crippen molar-refractivity contribution < 1.29 is 17.6 Å². The molecular formula is C6H10F4. The van der Waals surface area contributed by atoms with Gasteiger partial charge in [0.2, 0.25) is 0 Å². The van der Waals surface area contributed by atoms with Crippen LogP contribution < -0.4 is 0 Å². The summed E-state index contributed by atoms with van der Waals surface area (Å²) in [7, 11) is 0. The molecule has 0 heterocycles. The van der Waals surface area contributed by atoms with Crippen molar-refractivity contribution in [2.45, 2.75) is 31.9 Å². The Hall–Kier alpha value is -0.280. The van der Waals surface area contributed by atoms with Crippen molar-refractivity contribution >= 4 is 0 Å². The molecule has 0 bridgehead atoms. The summed E-state index contributed by atoms with van der Waals surface area (Å²) < 4.78 is 47.4. The molecule has 0 radical (unpaired) electrons. The Bertz CT molecular complexity index is 83.8. The average molecular weight is 158 g/mol. The molecule has 3 atom stereocenters. The Morgan fingerprint density at radius 3 is 2.00 bits per heavy atom. The van der Waals surface area contributed by atoms with Crippen molar-refractivity contribution in [3.05, 3.63) is 0 Å². The van der Waals surface area contributed by atoms with Crippen LogP contribution in [0.25, 0.3) is 0 Å². The summed E-state index contributed by atoms with van der Waals surface area (Å²) in [5.41, 5.74) is 0. The van der Waals surface area contributed by atoms with Gasteiger partial charge in [-0.1, -0.05) is 0 Å². The molecule has 10 heavy (non-hydrogen) atoms. The molecule has 0 aromatic rings. The minimum absolute atomic E-state index is 0.686. The van der Waals surface area contributed by atoms with Gasteiger partial charge in [-0.3, -0.25) is 0 Å². The van der Waals surface area contributed by atoms with Crippen LogP contribution in [0.2, 0.25) is 0 Å². The van der Waals surface area contributed by atoms with E-state index >= 15 is 0 Å². The molecule has 0 aliphatic rings. The van der Waals surface area contributed by atoms with Crippen molar-refractivity contribution in [3.8, 4) is 0 Å². The summed E-state index contributed by atoms with van der Waals surface area (Å²) in [6.45, 7) is -0.261. The van der Waals surface area contributed by atoms with Crippen LogP contribution in [-0.2, 0) is 0 Å². The summed E-state index contributed by atoms with van der Waals surface area (Å²) in [4.78, 5) is 0. The van der Waals surface area contributed by atoms with Gasteiger partial charge in [-0.25, -0.2) is 17.6 Å². The Morgan fingerprint density at radius 1 is 1.20 bits per heavy atom. The molecule has 0 saturated heterocycles. The minimum atomic E-state index is -1.88. The van der Waals surface area contributed by atoms with Crippen LogP contribution in [0.5, 0.6) is 0 Å². The van der Waals surface area contributed by atoms with Gasteiger partial charge in [-0.15, -0.1) is 0 Å². The molecule has 0 spiro atoms. The van der Waals surface area contributed by atoms with Gasteiger partial charge in [0.1, 0.15) is 25.2 Å². The van der Waals surface area contributed by atoms with Gasteiger partial charge in [-0.2, -0.15) is 0 Å². The highest BCUT2D eigenvalue weighted by Crippen LogP contribution is 2.12. The number of hydrogen-bond acceptors (Lipinski definition) is 0. The Labute approximate surface area is 57.2 Å². The first-order valence-corrected chi connectivity index (χ1v) is 3.06. The molecule has 0 fully saturated rings. The largest absolute Gasteiger partial charge is 0.248 e. The first-order chi connectivity index (χ1) is 4.57. The van der Waals surface area contributed by atoms with Crippen LogP contribution in [0.1, 0.15) is 13.3 Å². The van der Waals surface area contributed by atoms with Crippen LogP contribution in [0.3, 0.4) is 0 Å². The van der Waals surface area contributed by atoms with Crippen molar-refractivity contribution in [3.63, 3.8) is 0 Å². The van der Waals surface area contributed by atoms with E-state index < -0.39 is 31.6 Å². The molecule has 0 aromatic carbocycles. The molecule has 0 aromatic heterocycles. The number of halogens is 4. The van der Waals surface area contributed by atoms with Gasteiger partial charge in [0.25, 0.3) is 0 Å². The predicted molar refractivity (Wildman–Crippen MR) is 31.0 cm³/mol. The lowest BCUT2D eigenvalue weighted by atomic mass is 10.1. The maximum atomic E-state index is 12.2. The fraction of sp³-hybridized carbons (Fsp3) is 1.00. The highest BCUT2D eigenvalue weighted by molar-refractivity contribution is 4.68. The molecule has 0 nitrogen and oxygen atoms in total. The van der Waals surface area contributed by atoms with Gasteiger partial charge >= 0.3 is 0 Å². The second-order valence-corrected chi connectivity index (χ2v) is 2.18. The van der Waals surface area contributed by atoms with Gasteiger partial charge in [0.15, 0.2) is 0 Å². The lowest BCUT2D eigenvalue weighted by Gasteiger charge is -2.09. The van der Waals surface area contributed by atoms with Crippen LogP contribution in [0.15, 0.2) is 0 Å². The van der Waals surface area contributed by atoms with E-state index in [-0.39, 0.29) is 0 Å². The molecule has 62 valence electrons. The topological polar surface area (TPSA) is 0 Å². The molecule has 3 unspecified atom stereocenters. The van der Waals surface area contributed by atoms with Gasteiger partial charge in [0.05, 0.1) is 0 Å². The average Bonchev–Trinajstić information content (AvgIpc) is 1.87. The zero-order valence-electron chi connectivity index (χ0n) is 5.66. The van der Waals surface area contributed by atoms with Gasteiger partial charge in [-0.05, 0) is 6.92 Å². The smallest absolute Gasteiger partial charge is 0.134 e. The fourth-order valence-electron chi connectivity index (χ4n) is 0.495. The maximum absolute atomic E-state index is 12.2. The zero-order chi connectivity index (χ0) is 8.15. The number of hydrogen-bond donors (Lipinski definition) is 0. The van der Waals surface area contributed by atoms with E-state index in [2.05, 4.69) is 0 Å².